The van der Waals surface area contributed by atoms with Crippen molar-refractivity contribution in [3.05, 3.63) is 0 Å². The molecule has 1 fully saturated rings. The molecule has 0 radical (unpaired) electrons. The largest absolute Gasteiger partial charge is 0.351 e. The Balaban J connectivity index is 3.61. The van der Waals surface area contributed by atoms with E-state index in [0.29, 0.717) is 5.66 Å². The monoisotopic (exact) mass is 434 g/mol. The fourth-order valence-electron chi connectivity index (χ4n) is 4.00. The minimum absolute atomic E-state index is 0.0460. The Hall–Kier alpha value is 1.17. The van der Waals surface area contributed by atoms with E-state index in [2.05, 4.69) is 94.6 Å². The minimum atomic E-state index is -0.325. The van der Waals surface area contributed by atoms with Crippen molar-refractivity contribution in [2.75, 3.05) is 6.66 Å². The molecule has 0 heterocycles. The SMILES string of the molecule is CC(C)P(C1CCCCC1)C(OC(C)(C)C)(SC(C)(C)C)P(C)C(C)(C)C. The lowest BCUT2D eigenvalue weighted by molar-refractivity contribution is -0.00572. The van der Waals surface area contributed by atoms with Crippen LogP contribution in [0.2, 0.25) is 0 Å². The van der Waals surface area contributed by atoms with E-state index in [1.807, 2.05) is 0 Å². The van der Waals surface area contributed by atoms with Gasteiger partial charge in [-0.15, -0.1) is 11.8 Å². The molecule has 0 N–H and O–H groups in total. The fourth-order valence-corrected chi connectivity index (χ4v) is 17.6. The van der Waals surface area contributed by atoms with Crippen LogP contribution in [0, 0.1) is 0 Å². The Morgan fingerprint density at radius 3 is 1.67 bits per heavy atom. The summed E-state index contributed by atoms with van der Waals surface area (Å²) in [5.74, 6) is 0. The Morgan fingerprint density at radius 1 is 0.852 bits per heavy atom. The molecule has 1 aliphatic rings. The molecule has 0 aromatic carbocycles. The van der Waals surface area contributed by atoms with Crippen molar-refractivity contribution in [3.8, 4) is 0 Å². The van der Waals surface area contributed by atoms with Gasteiger partial charge in [-0.3, -0.25) is 0 Å². The third-order valence-corrected chi connectivity index (χ3v) is 15.8. The van der Waals surface area contributed by atoms with Gasteiger partial charge in [-0.2, -0.15) is 0 Å². The average molecular weight is 435 g/mol. The predicted octanol–water partition coefficient (Wildman–Crippen LogP) is 9.08. The zero-order valence-electron chi connectivity index (χ0n) is 20.4. The molecule has 3 unspecified atom stereocenters. The van der Waals surface area contributed by atoms with E-state index in [9.17, 15) is 0 Å². The minimum Gasteiger partial charge on any atom is -0.351 e. The lowest BCUT2D eigenvalue weighted by Gasteiger charge is -2.57. The zero-order chi connectivity index (χ0) is 21.3. The van der Waals surface area contributed by atoms with E-state index >= 15 is 0 Å². The van der Waals surface area contributed by atoms with Gasteiger partial charge in [-0.25, -0.2) is 0 Å². The standard InChI is InChI=1S/C23H48OP2S/c1-18(2)26(19-16-14-13-15-17-19)23(24-20(3,4)5,27-22(9,10)11)25(12)21(6,7)8/h18-19H,13-17H2,1-12H3. The highest BCUT2D eigenvalue weighted by molar-refractivity contribution is 8.15. The van der Waals surface area contributed by atoms with Crippen molar-refractivity contribution in [2.45, 2.75) is 140 Å². The Morgan fingerprint density at radius 2 is 1.33 bits per heavy atom. The van der Waals surface area contributed by atoms with Gasteiger partial charge < -0.3 is 4.74 Å². The van der Waals surface area contributed by atoms with E-state index in [1.54, 1.807) is 0 Å². The Bertz CT molecular complexity index is 434. The average Bonchev–Trinajstić information content (AvgIpc) is 2.42. The van der Waals surface area contributed by atoms with Gasteiger partial charge in [0.15, 0.2) is 4.42 Å². The molecule has 162 valence electrons. The highest BCUT2D eigenvalue weighted by Gasteiger charge is 2.55. The van der Waals surface area contributed by atoms with Gasteiger partial charge in [0.2, 0.25) is 0 Å². The van der Waals surface area contributed by atoms with E-state index in [0.717, 1.165) is 5.66 Å². The Labute approximate surface area is 178 Å². The molecule has 0 aromatic heterocycles. The first-order valence-corrected chi connectivity index (χ1v) is 15.0. The molecule has 0 spiro atoms. The quantitative estimate of drug-likeness (QED) is 0.304. The maximum absolute atomic E-state index is 7.29. The number of thioether (sulfide) groups is 1. The van der Waals surface area contributed by atoms with Gasteiger partial charge in [0.25, 0.3) is 0 Å². The lowest BCUT2D eigenvalue weighted by Crippen LogP contribution is -2.44. The van der Waals surface area contributed by atoms with Crippen molar-refractivity contribution in [2.24, 2.45) is 0 Å². The van der Waals surface area contributed by atoms with E-state index in [1.165, 1.54) is 32.1 Å². The van der Waals surface area contributed by atoms with Crippen molar-refractivity contribution < 1.29 is 4.74 Å². The van der Waals surface area contributed by atoms with E-state index < -0.39 is 0 Å². The van der Waals surface area contributed by atoms with Gasteiger partial charge in [0.05, 0.1) is 5.60 Å². The van der Waals surface area contributed by atoms with Crippen LogP contribution in [0.25, 0.3) is 0 Å². The summed E-state index contributed by atoms with van der Waals surface area (Å²) in [6.07, 6.45) is 7.09. The van der Waals surface area contributed by atoms with Gasteiger partial charge in [-0.1, -0.05) is 90.5 Å². The molecule has 27 heavy (non-hydrogen) atoms. The molecule has 0 saturated heterocycles. The molecule has 4 heteroatoms. The summed E-state index contributed by atoms with van der Waals surface area (Å²) in [6.45, 7) is 28.8. The lowest BCUT2D eigenvalue weighted by atomic mass is 10.0. The molecule has 0 aliphatic heterocycles. The second-order valence-corrected chi connectivity index (χ2v) is 20.8. The summed E-state index contributed by atoms with van der Waals surface area (Å²) < 4.78 is 7.43. The molecule has 0 amide bonds. The number of hydrogen-bond donors (Lipinski definition) is 0. The maximum atomic E-state index is 7.29. The number of ether oxygens (including phenoxy) is 1. The second kappa shape index (κ2) is 9.54. The van der Waals surface area contributed by atoms with Gasteiger partial charge >= 0.3 is 0 Å². The van der Waals surface area contributed by atoms with E-state index in [4.69, 9.17) is 4.74 Å². The molecule has 1 saturated carbocycles. The van der Waals surface area contributed by atoms with Crippen LogP contribution in [0.3, 0.4) is 0 Å². The maximum Gasteiger partial charge on any atom is 0.152 e. The van der Waals surface area contributed by atoms with Crippen molar-refractivity contribution >= 4 is 27.6 Å². The Kier molecular flexibility index (Phi) is 9.26. The third kappa shape index (κ3) is 7.74. The van der Waals surface area contributed by atoms with Gasteiger partial charge in [0.1, 0.15) is 0 Å². The molecular weight excluding hydrogens is 386 g/mol. The van der Waals surface area contributed by atoms with E-state index in [-0.39, 0.29) is 35.8 Å². The van der Waals surface area contributed by atoms with Gasteiger partial charge in [-0.05, 0) is 56.8 Å². The molecule has 3 atom stereocenters. The summed E-state index contributed by atoms with van der Waals surface area (Å²) in [5, 5.41) is 0.281. The molecule has 1 aliphatic carbocycles. The number of rotatable bonds is 6. The summed E-state index contributed by atoms with van der Waals surface area (Å²) in [7, 11) is -0.573. The van der Waals surface area contributed by atoms with Crippen LogP contribution in [0.4, 0.5) is 0 Å². The predicted molar refractivity (Wildman–Crippen MR) is 132 cm³/mol. The normalized spacial score (nSPS) is 22.6. The van der Waals surface area contributed by atoms with Crippen LogP contribution >= 0.6 is 27.6 Å². The first-order chi connectivity index (χ1) is 12.0. The van der Waals surface area contributed by atoms with Crippen LogP contribution in [0.1, 0.15) is 108 Å². The van der Waals surface area contributed by atoms with Crippen molar-refractivity contribution in [1.82, 2.24) is 0 Å². The third-order valence-electron chi connectivity index (χ3n) is 5.16. The first-order valence-electron chi connectivity index (χ1n) is 10.9. The van der Waals surface area contributed by atoms with Crippen LogP contribution < -0.4 is 0 Å². The molecule has 0 aromatic rings. The van der Waals surface area contributed by atoms with Crippen LogP contribution in [-0.2, 0) is 4.74 Å². The summed E-state index contributed by atoms with van der Waals surface area (Å²) in [6, 6.07) is 0. The molecular formula is C23H48OP2S. The van der Waals surface area contributed by atoms with Crippen LogP contribution in [-0.4, -0.2) is 37.9 Å². The van der Waals surface area contributed by atoms with Crippen molar-refractivity contribution in [1.29, 1.82) is 0 Å². The summed E-state index contributed by atoms with van der Waals surface area (Å²) >= 11 is 2.18. The van der Waals surface area contributed by atoms with Crippen molar-refractivity contribution in [3.63, 3.8) is 0 Å². The highest BCUT2D eigenvalue weighted by Crippen LogP contribution is 2.80. The summed E-state index contributed by atoms with van der Waals surface area (Å²) in [5.41, 5.74) is 1.44. The first kappa shape index (κ1) is 26.2. The molecule has 0 bridgehead atoms. The fraction of sp³-hybridized carbons (Fsp3) is 1.00. The smallest absolute Gasteiger partial charge is 0.152 e. The molecule has 1 nitrogen and oxygen atoms in total. The van der Waals surface area contributed by atoms with Gasteiger partial charge in [0, 0.05) is 4.75 Å². The zero-order valence-corrected chi connectivity index (χ0v) is 23.0. The van der Waals surface area contributed by atoms with Crippen LogP contribution in [0.15, 0.2) is 0 Å². The molecule has 1 rings (SSSR count). The highest BCUT2D eigenvalue weighted by atomic mass is 32.2. The number of hydrogen-bond acceptors (Lipinski definition) is 2. The second-order valence-electron chi connectivity index (χ2n) is 11.5. The van der Waals surface area contributed by atoms with Crippen LogP contribution in [0.5, 0.6) is 0 Å². The topological polar surface area (TPSA) is 9.23 Å². The summed E-state index contributed by atoms with van der Waals surface area (Å²) in [4.78, 5) is 0.